The zero-order valence-corrected chi connectivity index (χ0v) is 10.1. The van der Waals surface area contributed by atoms with Crippen LogP contribution in [0.3, 0.4) is 0 Å². The van der Waals surface area contributed by atoms with E-state index in [9.17, 15) is 0 Å². The molecule has 0 aliphatic rings. The second-order valence-corrected chi connectivity index (χ2v) is 3.66. The molecule has 0 bridgehead atoms. The van der Waals surface area contributed by atoms with Gasteiger partial charge in [0.15, 0.2) is 0 Å². The lowest BCUT2D eigenvalue weighted by Gasteiger charge is -2.06. The van der Waals surface area contributed by atoms with Crippen molar-refractivity contribution in [1.29, 1.82) is 0 Å². The fourth-order valence-electron chi connectivity index (χ4n) is 1.55. The van der Waals surface area contributed by atoms with Gasteiger partial charge < -0.3 is 10.1 Å². The number of benzene rings is 1. The summed E-state index contributed by atoms with van der Waals surface area (Å²) in [4.78, 5) is 0. The molecule has 90 valence electrons. The number of rotatable bonds is 5. The van der Waals surface area contributed by atoms with Crippen molar-refractivity contribution in [1.82, 2.24) is 20.3 Å². The molecule has 2 rings (SSSR count). The largest absolute Gasteiger partial charge is 0.438 e. The number of nitrogens with one attached hydrogen (secondary N) is 1. The second-order valence-electron chi connectivity index (χ2n) is 3.66. The SMILES string of the molecule is CCn1nncc1Oc1ccc(CNC)cc1. The minimum absolute atomic E-state index is 0.661. The summed E-state index contributed by atoms with van der Waals surface area (Å²) < 4.78 is 7.40. The first kappa shape index (κ1) is 11.6. The number of nitrogens with zero attached hydrogens (tertiary/aromatic N) is 3. The third kappa shape index (κ3) is 2.82. The van der Waals surface area contributed by atoms with Gasteiger partial charge in [-0.3, -0.25) is 0 Å². The summed E-state index contributed by atoms with van der Waals surface area (Å²) in [6.07, 6.45) is 1.62. The molecule has 0 spiro atoms. The van der Waals surface area contributed by atoms with Crippen molar-refractivity contribution in [2.75, 3.05) is 7.05 Å². The van der Waals surface area contributed by atoms with Gasteiger partial charge in [0.1, 0.15) is 11.9 Å². The maximum absolute atomic E-state index is 5.69. The Kier molecular flexibility index (Phi) is 3.72. The number of aryl methyl sites for hydroxylation is 1. The van der Waals surface area contributed by atoms with Crippen LogP contribution in [-0.2, 0) is 13.1 Å². The summed E-state index contributed by atoms with van der Waals surface area (Å²) >= 11 is 0. The van der Waals surface area contributed by atoms with Crippen LogP contribution in [0, 0.1) is 0 Å². The van der Waals surface area contributed by atoms with Crippen molar-refractivity contribution < 1.29 is 4.74 Å². The molecule has 17 heavy (non-hydrogen) atoms. The van der Waals surface area contributed by atoms with Gasteiger partial charge in [-0.25, -0.2) is 4.68 Å². The van der Waals surface area contributed by atoms with Crippen LogP contribution < -0.4 is 10.1 Å². The van der Waals surface area contributed by atoms with Crippen molar-refractivity contribution in [3.05, 3.63) is 36.0 Å². The predicted octanol–water partition coefficient (Wildman–Crippen LogP) is 1.81. The molecule has 5 nitrogen and oxygen atoms in total. The lowest BCUT2D eigenvalue weighted by atomic mass is 10.2. The first-order chi connectivity index (χ1) is 8.33. The molecule has 0 saturated heterocycles. The molecule has 0 fully saturated rings. The summed E-state index contributed by atoms with van der Waals surface area (Å²) in [5.41, 5.74) is 1.22. The summed E-state index contributed by atoms with van der Waals surface area (Å²) in [5, 5.41) is 10.8. The van der Waals surface area contributed by atoms with E-state index in [1.54, 1.807) is 10.9 Å². The molecular formula is C12H16N4O. The van der Waals surface area contributed by atoms with E-state index in [1.165, 1.54) is 5.56 Å². The quantitative estimate of drug-likeness (QED) is 0.854. The molecule has 0 unspecified atom stereocenters. The Balaban J connectivity index is 2.08. The van der Waals surface area contributed by atoms with Crippen molar-refractivity contribution in [3.8, 4) is 11.6 Å². The highest BCUT2D eigenvalue weighted by Gasteiger charge is 2.04. The highest BCUT2D eigenvalue weighted by Crippen LogP contribution is 2.20. The van der Waals surface area contributed by atoms with Gasteiger partial charge in [0, 0.05) is 13.1 Å². The van der Waals surface area contributed by atoms with Crippen LogP contribution in [0.2, 0.25) is 0 Å². The fourth-order valence-corrected chi connectivity index (χ4v) is 1.55. The van der Waals surface area contributed by atoms with E-state index in [0.29, 0.717) is 5.88 Å². The molecule has 0 atom stereocenters. The van der Waals surface area contributed by atoms with Crippen molar-refractivity contribution in [2.24, 2.45) is 0 Å². The molecule has 5 heteroatoms. The molecule has 0 amide bonds. The maximum atomic E-state index is 5.69. The van der Waals surface area contributed by atoms with Gasteiger partial charge in [-0.15, -0.1) is 5.10 Å². The van der Waals surface area contributed by atoms with Crippen LogP contribution in [0.5, 0.6) is 11.6 Å². The van der Waals surface area contributed by atoms with Crippen LogP contribution in [-0.4, -0.2) is 22.0 Å². The Bertz CT molecular complexity index is 464. The van der Waals surface area contributed by atoms with E-state index >= 15 is 0 Å². The standard InChI is InChI=1S/C12H16N4O/c1-3-16-12(9-14-15-16)17-11-6-4-10(5-7-11)8-13-2/h4-7,9,13H,3,8H2,1-2H3. The van der Waals surface area contributed by atoms with E-state index in [4.69, 9.17) is 4.74 Å². The molecule has 1 heterocycles. The Morgan fingerprint density at radius 2 is 2.06 bits per heavy atom. The van der Waals surface area contributed by atoms with E-state index in [0.717, 1.165) is 18.8 Å². The van der Waals surface area contributed by atoms with Gasteiger partial charge >= 0.3 is 0 Å². The van der Waals surface area contributed by atoms with Gasteiger partial charge in [0.2, 0.25) is 5.88 Å². The van der Waals surface area contributed by atoms with E-state index in [1.807, 2.05) is 38.2 Å². The lowest BCUT2D eigenvalue weighted by Crippen LogP contribution is -2.04. The predicted molar refractivity (Wildman–Crippen MR) is 65.0 cm³/mol. The molecule has 0 aliphatic heterocycles. The second kappa shape index (κ2) is 5.45. The Labute approximate surface area is 100 Å². The molecule has 1 aromatic heterocycles. The molecular weight excluding hydrogens is 216 g/mol. The number of ether oxygens (including phenoxy) is 1. The smallest absolute Gasteiger partial charge is 0.238 e. The highest BCUT2D eigenvalue weighted by atomic mass is 16.5. The van der Waals surface area contributed by atoms with Gasteiger partial charge in [-0.1, -0.05) is 17.3 Å². The monoisotopic (exact) mass is 232 g/mol. The van der Waals surface area contributed by atoms with Crippen molar-refractivity contribution >= 4 is 0 Å². The molecule has 1 aromatic carbocycles. The Morgan fingerprint density at radius 1 is 1.29 bits per heavy atom. The average molecular weight is 232 g/mol. The zero-order valence-electron chi connectivity index (χ0n) is 10.1. The van der Waals surface area contributed by atoms with Gasteiger partial charge in [0.05, 0.1) is 0 Å². The van der Waals surface area contributed by atoms with Gasteiger partial charge in [-0.05, 0) is 31.7 Å². The molecule has 0 aliphatic carbocycles. The van der Waals surface area contributed by atoms with Crippen LogP contribution in [0.25, 0.3) is 0 Å². The molecule has 2 aromatic rings. The molecule has 1 N–H and O–H groups in total. The number of hydrogen-bond donors (Lipinski definition) is 1. The third-order valence-electron chi connectivity index (χ3n) is 2.41. The van der Waals surface area contributed by atoms with Crippen molar-refractivity contribution in [2.45, 2.75) is 20.0 Å². The fraction of sp³-hybridized carbons (Fsp3) is 0.333. The van der Waals surface area contributed by atoms with Crippen LogP contribution in [0.4, 0.5) is 0 Å². The van der Waals surface area contributed by atoms with E-state index in [2.05, 4.69) is 15.6 Å². The molecule has 0 radical (unpaired) electrons. The Hall–Kier alpha value is -1.88. The lowest BCUT2D eigenvalue weighted by molar-refractivity contribution is 0.415. The van der Waals surface area contributed by atoms with E-state index in [-0.39, 0.29) is 0 Å². The number of hydrogen-bond acceptors (Lipinski definition) is 4. The van der Waals surface area contributed by atoms with E-state index < -0.39 is 0 Å². The van der Waals surface area contributed by atoms with Crippen molar-refractivity contribution in [3.63, 3.8) is 0 Å². The highest BCUT2D eigenvalue weighted by molar-refractivity contribution is 5.29. The summed E-state index contributed by atoms with van der Waals surface area (Å²) in [5.74, 6) is 1.45. The van der Waals surface area contributed by atoms with Crippen LogP contribution in [0.15, 0.2) is 30.5 Å². The maximum Gasteiger partial charge on any atom is 0.238 e. The minimum Gasteiger partial charge on any atom is -0.438 e. The van der Waals surface area contributed by atoms with Gasteiger partial charge in [-0.2, -0.15) is 0 Å². The minimum atomic E-state index is 0.661. The Morgan fingerprint density at radius 3 is 2.71 bits per heavy atom. The summed E-state index contributed by atoms with van der Waals surface area (Å²) in [6, 6.07) is 7.96. The third-order valence-corrected chi connectivity index (χ3v) is 2.41. The first-order valence-electron chi connectivity index (χ1n) is 5.63. The topological polar surface area (TPSA) is 52.0 Å². The normalized spacial score (nSPS) is 10.5. The average Bonchev–Trinajstić information content (AvgIpc) is 2.79. The summed E-state index contributed by atoms with van der Waals surface area (Å²) in [7, 11) is 1.93. The van der Waals surface area contributed by atoms with Gasteiger partial charge in [0.25, 0.3) is 0 Å². The first-order valence-corrected chi connectivity index (χ1v) is 5.63. The molecule has 0 saturated carbocycles. The zero-order chi connectivity index (χ0) is 12.1. The van der Waals surface area contributed by atoms with Crippen LogP contribution >= 0.6 is 0 Å². The number of aromatic nitrogens is 3. The van der Waals surface area contributed by atoms with Crippen LogP contribution in [0.1, 0.15) is 12.5 Å². The summed E-state index contributed by atoms with van der Waals surface area (Å²) in [6.45, 7) is 3.60.